The van der Waals surface area contributed by atoms with Crippen LogP contribution in [0.25, 0.3) is 6.08 Å². The number of hydrogen-bond acceptors (Lipinski definition) is 3. The van der Waals surface area contributed by atoms with Crippen LogP contribution in [0.1, 0.15) is 26.3 Å². The molecule has 0 aliphatic carbocycles. The average molecular weight is 367 g/mol. The Morgan fingerprint density at radius 1 is 1.00 bits per heavy atom. The zero-order chi connectivity index (χ0) is 19.6. The largest absolute Gasteiger partial charge is 0.493 e. The van der Waals surface area contributed by atoms with Gasteiger partial charge in [0.15, 0.2) is 0 Å². The molecule has 0 saturated carbocycles. The van der Waals surface area contributed by atoms with Crippen LogP contribution in [0, 0.1) is 0 Å². The fourth-order valence-corrected chi connectivity index (χ4v) is 2.32. The van der Waals surface area contributed by atoms with Crippen LogP contribution in [0.5, 0.6) is 5.75 Å². The second-order valence-electron chi connectivity index (χ2n) is 6.12. The van der Waals surface area contributed by atoms with E-state index < -0.39 is 0 Å². The molecule has 3 N–H and O–H groups in total. The molecule has 0 saturated heterocycles. The van der Waals surface area contributed by atoms with Crippen LogP contribution in [0.15, 0.2) is 54.6 Å². The number of carbonyl (C=O) groups excluding carboxylic acids is 2. The van der Waals surface area contributed by atoms with E-state index in [4.69, 9.17) is 4.74 Å². The minimum atomic E-state index is -0.266. The van der Waals surface area contributed by atoms with E-state index in [9.17, 15) is 9.59 Å². The maximum Gasteiger partial charge on any atom is 0.319 e. The summed E-state index contributed by atoms with van der Waals surface area (Å²) in [6.45, 7) is 6.25. The number of hydrogen-bond donors (Lipinski definition) is 3. The molecule has 2 aromatic carbocycles. The van der Waals surface area contributed by atoms with Crippen LogP contribution in [-0.4, -0.2) is 24.6 Å². The topological polar surface area (TPSA) is 79.5 Å². The van der Waals surface area contributed by atoms with Gasteiger partial charge in [0.05, 0.1) is 6.61 Å². The lowest BCUT2D eigenvalue weighted by Gasteiger charge is -2.10. The van der Waals surface area contributed by atoms with Gasteiger partial charge in [-0.1, -0.05) is 18.2 Å². The molecule has 0 aliphatic rings. The van der Waals surface area contributed by atoms with Crippen molar-refractivity contribution in [1.82, 2.24) is 5.32 Å². The molecule has 3 amide bonds. The van der Waals surface area contributed by atoms with E-state index in [2.05, 4.69) is 16.0 Å². The fourth-order valence-electron chi connectivity index (χ4n) is 2.32. The van der Waals surface area contributed by atoms with Crippen molar-refractivity contribution >= 4 is 29.4 Å². The molecule has 0 heterocycles. The highest BCUT2D eigenvalue weighted by molar-refractivity contribution is 6.02. The molecule has 0 spiro atoms. The summed E-state index contributed by atoms with van der Waals surface area (Å²) in [6, 6.07) is 14.2. The second-order valence-corrected chi connectivity index (χ2v) is 6.12. The Bertz CT molecular complexity index is 799. The van der Waals surface area contributed by atoms with Crippen molar-refractivity contribution in [2.75, 3.05) is 17.2 Å². The van der Waals surface area contributed by atoms with Gasteiger partial charge in [-0.25, -0.2) is 4.79 Å². The van der Waals surface area contributed by atoms with Crippen molar-refractivity contribution < 1.29 is 14.3 Å². The Labute approximate surface area is 159 Å². The molecule has 0 bridgehead atoms. The number of rotatable bonds is 7. The number of urea groups is 1. The fraction of sp³-hybridized carbons (Fsp3) is 0.238. The van der Waals surface area contributed by atoms with Crippen LogP contribution in [0.3, 0.4) is 0 Å². The molecule has 0 unspecified atom stereocenters. The number of amides is 3. The lowest BCUT2D eigenvalue weighted by atomic mass is 10.2. The first kappa shape index (κ1) is 20.0. The summed E-state index contributed by atoms with van der Waals surface area (Å²) in [5, 5.41) is 8.25. The highest BCUT2D eigenvalue weighted by Gasteiger charge is 2.04. The van der Waals surface area contributed by atoms with E-state index >= 15 is 0 Å². The molecule has 0 atom stereocenters. The normalized spacial score (nSPS) is 10.7. The van der Waals surface area contributed by atoms with E-state index in [0.717, 1.165) is 11.3 Å². The zero-order valence-electron chi connectivity index (χ0n) is 15.8. The number of benzene rings is 2. The first-order chi connectivity index (χ1) is 13.0. The monoisotopic (exact) mass is 367 g/mol. The molecule has 6 nitrogen and oxygen atoms in total. The molecule has 2 aromatic rings. The van der Waals surface area contributed by atoms with E-state index in [0.29, 0.717) is 18.0 Å². The van der Waals surface area contributed by atoms with Gasteiger partial charge in [0, 0.05) is 29.1 Å². The lowest BCUT2D eigenvalue weighted by Crippen LogP contribution is -2.34. The predicted octanol–water partition coefficient (Wildman–Crippen LogP) is 4.27. The first-order valence-corrected chi connectivity index (χ1v) is 8.86. The van der Waals surface area contributed by atoms with Crippen molar-refractivity contribution in [3.05, 3.63) is 60.2 Å². The molecule has 0 aliphatic heterocycles. The van der Waals surface area contributed by atoms with E-state index in [1.165, 1.54) is 6.08 Å². The maximum absolute atomic E-state index is 12.1. The molecule has 142 valence electrons. The Morgan fingerprint density at radius 2 is 1.63 bits per heavy atom. The standard InChI is InChI=1S/C21H25N3O3/c1-4-27-19-8-6-5-7-16(19)9-14-20(25)23-17-10-12-18(13-11-17)24-21(26)22-15(2)3/h5-15H,4H2,1-3H3,(H,23,25)(H2,22,24,26)/b14-9+. The molecule has 0 aromatic heterocycles. The Morgan fingerprint density at radius 3 is 2.26 bits per heavy atom. The van der Waals surface area contributed by atoms with E-state index in [-0.39, 0.29) is 18.0 Å². The molecular formula is C21H25N3O3. The molecule has 0 radical (unpaired) electrons. The van der Waals surface area contributed by atoms with Crippen LogP contribution in [0.2, 0.25) is 0 Å². The number of ether oxygens (including phenoxy) is 1. The van der Waals surface area contributed by atoms with Crippen LogP contribution in [0.4, 0.5) is 16.2 Å². The number of anilines is 2. The summed E-state index contributed by atoms with van der Waals surface area (Å²) in [6.07, 6.45) is 3.17. The van der Waals surface area contributed by atoms with Crippen LogP contribution in [-0.2, 0) is 4.79 Å². The molecule has 0 fully saturated rings. The highest BCUT2D eigenvalue weighted by Crippen LogP contribution is 2.19. The second kappa shape index (κ2) is 10.0. The van der Waals surface area contributed by atoms with E-state index in [1.54, 1.807) is 30.3 Å². The number of nitrogens with one attached hydrogen (secondary N) is 3. The van der Waals surface area contributed by atoms with Crippen LogP contribution < -0.4 is 20.7 Å². The number of para-hydroxylation sites is 1. The van der Waals surface area contributed by atoms with Crippen molar-refractivity contribution in [1.29, 1.82) is 0 Å². The SMILES string of the molecule is CCOc1ccccc1/C=C/C(=O)Nc1ccc(NC(=O)NC(C)C)cc1. The summed E-state index contributed by atoms with van der Waals surface area (Å²) < 4.78 is 5.53. The Kier molecular flexibility index (Phi) is 7.43. The summed E-state index contributed by atoms with van der Waals surface area (Å²) in [4.78, 5) is 23.8. The van der Waals surface area contributed by atoms with Gasteiger partial charge in [0.2, 0.25) is 5.91 Å². The Hall–Kier alpha value is -3.28. The van der Waals surface area contributed by atoms with Gasteiger partial charge < -0.3 is 20.7 Å². The van der Waals surface area contributed by atoms with Crippen molar-refractivity contribution in [2.24, 2.45) is 0 Å². The minimum absolute atomic E-state index is 0.0585. The third-order valence-electron chi connectivity index (χ3n) is 3.46. The quantitative estimate of drug-likeness (QED) is 0.640. The summed E-state index contributed by atoms with van der Waals surface area (Å²) in [5.74, 6) is 0.485. The van der Waals surface area contributed by atoms with E-state index in [1.807, 2.05) is 45.0 Å². The lowest BCUT2D eigenvalue weighted by molar-refractivity contribution is -0.111. The average Bonchev–Trinajstić information content (AvgIpc) is 2.62. The molecular weight excluding hydrogens is 342 g/mol. The minimum Gasteiger partial charge on any atom is -0.493 e. The molecule has 27 heavy (non-hydrogen) atoms. The van der Waals surface area contributed by atoms with Gasteiger partial charge in [0.1, 0.15) is 5.75 Å². The van der Waals surface area contributed by atoms with Crippen molar-refractivity contribution in [2.45, 2.75) is 26.8 Å². The van der Waals surface area contributed by atoms with Crippen LogP contribution >= 0.6 is 0 Å². The summed E-state index contributed by atoms with van der Waals surface area (Å²) >= 11 is 0. The zero-order valence-corrected chi connectivity index (χ0v) is 15.8. The summed E-state index contributed by atoms with van der Waals surface area (Å²) in [5.41, 5.74) is 2.12. The summed E-state index contributed by atoms with van der Waals surface area (Å²) in [7, 11) is 0. The van der Waals surface area contributed by atoms with Gasteiger partial charge in [-0.3, -0.25) is 4.79 Å². The smallest absolute Gasteiger partial charge is 0.319 e. The third kappa shape index (κ3) is 6.86. The molecule has 6 heteroatoms. The molecule has 2 rings (SSSR count). The van der Waals surface area contributed by atoms with Gasteiger partial charge >= 0.3 is 6.03 Å². The van der Waals surface area contributed by atoms with Gasteiger partial charge in [-0.15, -0.1) is 0 Å². The number of carbonyl (C=O) groups is 2. The van der Waals surface area contributed by atoms with Crippen molar-refractivity contribution in [3.63, 3.8) is 0 Å². The third-order valence-corrected chi connectivity index (χ3v) is 3.46. The maximum atomic E-state index is 12.1. The predicted molar refractivity (Wildman–Crippen MR) is 109 cm³/mol. The van der Waals surface area contributed by atoms with Crippen molar-refractivity contribution in [3.8, 4) is 5.75 Å². The van der Waals surface area contributed by atoms with Gasteiger partial charge in [0.25, 0.3) is 0 Å². The van der Waals surface area contributed by atoms with Gasteiger partial charge in [-0.2, -0.15) is 0 Å². The first-order valence-electron chi connectivity index (χ1n) is 8.86. The van der Waals surface area contributed by atoms with Gasteiger partial charge in [-0.05, 0) is 57.2 Å². The highest BCUT2D eigenvalue weighted by atomic mass is 16.5. The Balaban J connectivity index is 1.93.